The molecule has 0 amide bonds. The predicted molar refractivity (Wildman–Crippen MR) is 89.1 cm³/mol. The molecule has 1 fully saturated rings. The molecule has 0 spiro atoms. The molecular weight excluding hydrogens is 470 g/mol. The third-order valence-electron chi connectivity index (χ3n) is 4.99. The average molecular weight is 488 g/mol. The van der Waals surface area contributed by atoms with Gasteiger partial charge in [-0.25, -0.2) is 21.6 Å². The lowest BCUT2D eigenvalue weighted by molar-refractivity contribution is -0.0478. The van der Waals surface area contributed by atoms with E-state index in [-0.39, 0.29) is 18.4 Å². The highest BCUT2D eigenvalue weighted by Crippen LogP contribution is 2.43. The number of allylic oxidation sites excluding steroid dienone is 2. The normalized spacial score (nSPS) is 25.5. The minimum atomic E-state index is -6.79. The SMILES string of the molecule is CC(CC(S(=O)(=O)C(F)(F)F)S(=O)(=O)C(F)(F)F)OC(=O)OCC1CC2C=CC1C2. The van der Waals surface area contributed by atoms with Gasteiger partial charge in [-0.1, -0.05) is 12.2 Å². The highest BCUT2D eigenvalue weighted by atomic mass is 32.3. The van der Waals surface area contributed by atoms with Crippen LogP contribution in [0.4, 0.5) is 31.1 Å². The summed E-state index contributed by atoms with van der Waals surface area (Å²) in [6.45, 7) is 0.647. The van der Waals surface area contributed by atoms with Crippen LogP contribution in [-0.2, 0) is 29.1 Å². The van der Waals surface area contributed by atoms with Gasteiger partial charge in [0, 0.05) is 12.3 Å². The Morgan fingerprint density at radius 3 is 1.93 bits per heavy atom. The Balaban J connectivity index is 2.06. The van der Waals surface area contributed by atoms with Crippen molar-refractivity contribution >= 4 is 25.8 Å². The van der Waals surface area contributed by atoms with E-state index in [9.17, 15) is 48.0 Å². The van der Waals surface area contributed by atoms with E-state index in [1.807, 2.05) is 12.2 Å². The number of alkyl halides is 6. The van der Waals surface area contributed by atoms with Crippen LogP contribution in [0.15, 0.2) is 12.2 Å². The summed E-state index contributed by atoms with van der Waals surface area (Å²) in [6.07, 6.45) is 0.411. The zero-order valence-corrected chi connectivity index (χ0v) is 16.9. The van der Waals surface area contributed by atoms with Crippen LogP contribution in [0.5, 0.6) is 0 Å². The fraction of sp³-hybridized carbons (Fsp3) is 0.800. The largest absolute Gasteiger partial charge is 0.508 e. The third-order valence-corrected chi connectivity index (χ3v) is 9.57. The molecule has 2 aliphatic carbocycles. The van der Waals surface area contributed by atoms with E-state index in [1.165, 1.54) is 0 Å². The molecule has 7 nitrogen and oxygen atoms in total. The first-order chi connectivity index (χ1) is 13.5. The van der Waals surface area contributed by atoms with Crippen molar-refractivity contribution in [3.05, 3.63) is 12.2 Å². The van der Waals surface area contributed by atoms with Gasteiger partial charge in [-0.3, -0.25) is 0 Å². The zero-order chi connectivity index (χ0) is 23.1. The van der Waals surface area contributed by atoms with Crippen LogP contribution in [0, 0.1) is 17.8 Å². The van der Waals surface area contributed by atoms with Gasteiger partial charge in [-0.2, -0.15) is 26.3 Å². The minimum Gasteiger partial charge on any atom is -0.434 e. The number of hydrogen-bond donors (Lipinski definition) is 0. The zero-order valence-electron chi connectivity index (χ0n) is 15.3. The Morgan fingerprint density at radius 1 is 1.00 bits per heavy atom. The molecule has 4 atom stereocenters. The molecule has 0 saturated heterocycles. The van der Waals surface area contributed by atoms with Gasteiger partial charge >= 0.3 is 17.2 Å². The Hall–Kier alpha value is -1.51. The third kappa shape index (κ3) is 5.03. The second-order valence-corrected chi connectivity index (χ2v) is 11.7. The maximum absolute atomic E-state index is 12.7. The summed E-state index contributed by atoms with van der Waals surface area (Å²) in [5.41, 5.74) is -12.5. The summed E-state index contributed by atoms with van der Waals surface area (Å²) in [5.74, 6) is 0.504. The van der Waals surface area contributed by atoms with Gasteiger partial charge in [0.15, 0.2) is 4.58 Å². The molecule has 0 heterocycles. The number of fused-ring (bicyclic) bond motifs is 2. The van der Waals surface area contributed by atoms with E-state index in [1.54, 1.807) is 0 Å². The van der Waals surface area contributed by atoms with Crippen LogP contribution in [0.3, 0.4) is 0 Å². The van der Waals surface area contributed by atoms with Crippen molar-refractivity contribution in [1.29, 1.82) is 0 Å². The molecule has 174 valence electrons. The molecule has 0 aromatic heterocycles. The first-order valence-corrected chi connectivity index (χ1v) is 11.7. The maximum atomic E-state index is 12.7. The van der Waals surface area contributed by atoms with Crippen LogP contribution >= 0.6 is 0 Å². The number of rotatable bonds is 7. The van der Waals surface area contributed by atoms with Crippen molar-refractivity contribution in [3.63, 3.8) is 0 Å². The quantitative estimate of drug-likeness (QED) is 0.308. The van der Waals surface area contributed by atoms with E-state index in [2.05, 4.69) is 4.74 Å². The molecule has 0 aliphatic heterocycles. The van der Waals surface area contributed by atoms with Crippen LogP contribution in [0.2, 0.25) is 0 Å². The van der Waals surface area contributed by atoms with Crippen LogP contribution in [0.25, 0.3) is 0 Å². The molecule has 15 heteroatoms. The number of carbonyl (C=O) groups is 1. The molecule has 30 heavy (non-hydrogen) atoms. The standard InChI is InChI=1S/C15H18F6O7S2/c1-8(28-13(22)27-7-11-6-9-2-3-10(11)5-9)4-12(29(23,24)14(16,17)18)30(25,26)15(19,20)21/h2-3,8-12H,4-7H2,1H3. The second kappa shape index (κ2) is 8.20. The van der Waals surface area contributed by atoms with E-state index < -0.39 is 54.0 Å². The summed E-state index contributed by atoms with van der Waals surface area (Å²) in [4.78, 5) is 11.7. The molecule has 0 N–H and O–H groups in total. The highest BCUT2D eigenvalue weighted by molar-refractivity contribution is 8.09. The van der Waals surface area contributed by atoms with Gasteiger partial charge in [-0.05, 0) is 31.6 Å². The highest BCUT2D eigenvalue weighted by Gasteiger charge is 2.63. The number of halogens is 6. The van der Waals surface area contributed by atoms with Gasteiger partial charge in [0.2, 0.25) is 0 Å². The number of ether oxygens (including phenoxy) is 2. The predicted octanol–water partition coefficient (Wildman–Crippen LogP) is 3.33. The van der Waals surface area contributed by atoms with E-state index in [4.69, 9.17) is 4.74 Å². The first-order valence-electron chi connectivity index (χ1n) is 8.59. The number of sulfone groups is 2. The lowest BCUT2D eigenvalue weighted by Crippen LogP contribution is -2.46. The number of carbonyl (C=O) groups excluding carboxylic acids is 1. The van der Waals surface area contributed by atoms with Crippen molar-refractivity contribution < 1.29 is 57.4 Å². The van der Waals surface area contributed by atoms with Crippen molar-refractivity contribution in [3.8, 4) is 0 Å². The summed E-state index contributed by atoms with van der Waals surface area (Å²) in [7, 11) is -13.6. The molecular formula is C15H18F6O7S2. The Kier molecular flexibility index (Phi) is 6.77. The van der Waals surface area contributed by atoms with E-state index in [0.717, 1.165) is 19.8 Å². The first kappa shape index (κ1) is 24.8. The van der Waals surface area contributed by atoms with Gasteiger partial charge in [0.05, 0.1) is 6.61 Å². The molecule has 0 aromatic rings. The van der Waals surface area contributed by atoms with Crippen LogP contribution < -0.4 is 0 Å². The fourth-order valence-electron chi connectivity index (χ4n) is 3.50. The minimum absolute atomic E-state index is 0.0215. The van der Waals surface area contributed by atoms with Crippen molar-refractivity contribution in [2.24, 2.45) is 17.8 Å². The lowest BCUT2D eigenvalue weighted by atomic mass is 9.95. The monoisotopic (exact) mass is 488 g/mol. The van der Waals surface area contributed by atoms with Crippen LogP contribution in [0.1, 0.15) is 26.2 Å². The summed E-state index contributed by atoms with van der Waals surface area (Å²) < 4.78 is 128. The van der Waals surface area contributed by atoms with Crippen molar-refractivity contribution in [1.82, 2.24) is 0 Å². The smallest absolute Gasteiger partial charge is 0.434 e. The molecule has 2 bridgehead atoms. The molecule has 4 unspecified atom stereocenters. The second-order valence-electron chi connectivity index (χ2n) is 7.18. The van der Waals surface area contributed by atoms with E-state index >= 15 is 0 Å². The van der Waals surface area contributed by atoms with Crippen molar-refractivity contribution in [2.45, 2.75) is 47.9 Å². The molecule has 2 aliphatic rings. The van der Waals surface area contributed by atoms with Crippen LogP contribution in [-0.4, -0.2) is 51.3 Å². The Labute approximate surface area is 168 Å². The molecule has 2 rings (SSSR count). The lowest BCUT2D eigenvalue weighted by Gasteiger charge is -2.23. The summed E-state index contributed by atoms with van der Waals surface area (Å²) in [5, 5.41) is 0. The Bertz CT molecular complexity index is 847. The molecule has 0 aromatic carbocycles. The Morgan fingerprint density at radius 2 is 1.53 bits per heavy atom. The van der Waals surface area contributed by atoms with Gasteiger partial charge in [-0.15, -0.1) is 0 Å². The summed E-state index contributed by atoms with van der Waals surface area (Å²) in [6, 6.07) is 0. The average Bonchev–Trinajstić information content (AvgIpc) is 3.18. The fourth-order valence-corrected chi connectivity index (χ4v) is 7.13. The summed E-state index contributed by atoms with van der Waals surface area (Å²) >= 11 is 0. The number of hydrogen-bond acceptors (Lipinski definition) is 7. The topological polar surface area (TPSA) is 104 Å². The van der Waals surface area contributed by atoms with Crippen molar-refractivity contribution in [2.75, 3.05) is 6.61 Å². The molecule has 0 radical (unpaired) electrons. The van der Waals surface area contributed by atoms with E-state index in [0.29, 0.717) is 5.92 Å². The van der Waals surface area contributed by atoms with Gasteiger partial charge < -0.3 is 9.47 Å². The maximum Gasteiger partial charge on any atom is 0.508 e. The van der Waals surface area contributed by atoms with Gasteiger partial charge in [0.25, 0.3) is 19.7 Å². The molecule has 1 saturated carbocycles. The van der Waals surface area contributed by atoms with Gasteiger partial charge in [0.1, 0.15) is 6.10 Å².